The molecule has 1 N–H and O–H groups in total. The normalized spacial score (nSPS) is 17.1. The van der Waals surface area contributed by atoms with Gasteiger partial charge in [0.05, 0.1) is 18.1 Å². The molecule has 5 heteroatoms. The van der Waals surface area contributed by atoms with Crippen LogP contribution in [-0.2, 0) is 6.54 Å². The van der Waals surface area contributed by atoms with E-state index in [0.717, 1.165) is 12.1 Å². The zero-order valence-electron chi connectivity index (χ0n) is 12.1. The summed E-state index contributed by atoms with van der Waals surface area (Å²) in [6.45, 7) is 3.90. The van der Waals surface area contributed by atoms with Gasteiger partial charge in [0.1, 0.15) is 5.75 Å². The molecule has 0 atom stereocenters. The van der Waals surface area contributed by atoms with E-state index in [1.807, 2.05) is 6.07 Å². The Morgan fingerprint density at radius 2 is 2.05 bits per heavy atom. The number of nitro groups is 1. The molecular weight excluding hydrogens is 256 g/mol. The number of rotatable bonds is 6. The predicted octanol–water partition coefficient (Wildman–Crippen LogP) is 3.27. The van der Waals surface area contributed by atoms with Gasteiger partial charge in [-0.1, -0.05) is 19.8 Å². The highest BCUT2D eigenvalue weighted by Gasteiger charge is 2.27. The van der Waals surface area contributed by atoms with Gasteiger partial charge in [0.2, 0.25) is 0 Å². The van der Waals surface area contributed by atoms with Crippen LogP contribution < -0.4 is 10.1 Å². The van der Waals surface area contributed by atoms with Crippen molar-refractivity contribution in [2.45, 2.75) is 39.2 Å². The topological polar surface area (TPSA) is 64.4 Å². The summed E-state index contributed by atoms with van der Waals surface area (Å²) in [6.07, 6.45) is 5.14. The first-order valence-corrected chi connectivity index (χ1v) is 7.05. The quantitative estimate of drug-likeness (QED) is 0.640. The second kappa shape index (κ2) is 6.22. The minimum atomic E-state index is -0.385. The third-order valence-electron chi connectivity index (χ3n) is 4.09. The Hall–Kier alpha value is -1.62. The molecule has 0 amide bonds. The van der Waals surface area contributed by atoms with Crippen LogP contribution in [0.5, 0.6) is 5.75 Å². The minimum Gasteiger partial charge on any atom is -0.496 e. The molecule has 1 aromatic carbocycles. The molecule has 0 spiro atoms. The van der Waals surface area contributed by atoms with E-state index in [0.29, 0.717) is 17.7 Å². The van der Waals surface area contributed by atoms with Gasteiger partial charge in [-0.25, -0.2) is 0 Å². The third kappa shape index (κ3) is 3.70. The summed E-state index contributed by atoms with van der Waals surface area (Å²) in [4.78, 5) is 10.5. The molecule has 20 heavy (non-hydrogen) atoms. The lowest BCUT2D eigenvalue weighted by molar-refractivity contribution is -0.385. The van der Waals surface area contributed by atoms with Gasteiger partial charge < -0.3 is 10.1 Å². The molecule has 1 saturated carbocycles. The number of nitro benzene ring substituents is 1. The molecular formula is C15H22N2O3. The van der Waals surface area contributed by atoms with Crippen LogP contribution in [-0.4, -0.2) is 18.6 Å². The van der Waals surface area contributed by atoms with Gasteiger partial charge in [-0.05, 0) is 29.9 Å². The van der Waals surface area contributed by atoms with Gasteiger partial charge in [-0.15, -0.1) is 0 Å². The largest absolute Gasteiger partial charge is 0.496 e. The van der Waals surface area contributed by atoms with Gasteiger partial charge in [0.15, 0.2) is 0 Å². The Labute approximate surface area is 119 Å². The fourth-order valence-electron chi connectivity index (χ4n) is 2.88. The molecule has 5 nitrogen and oxygen atoms in total. The molecule has 2 rings (SSSR count). The van der Waals surface area contributed by atoms with Crippen molar-refractivity contribution < 1.29 is 9.66 Å². The lowest BCUT2D eigenvalue weighted by Gasteiger charge is -2.23. The van der Waals surface area contributed by atoms with Crippen molar-refractivity contribution in [2.75, 3.05) is 13.7 Å². The highest BCUT2D eigenvalue weighted by Crippen LogP contribution is 2.36. The molecule has 0 unspecified atom stereocenters. The Balaban J connectivity index is 1.98. The second-order valence-corrected chi connectivity index (χ2v) is 5.92. The summed E-state index contributed by atoms with van der Waals surface area (Å²) in [5.41, 5.74) is 1.34. The number of nitrogens with one attached hydrogen (secondary N) is 1. The number of hydrogen-bond donors (Lipinski definition) is 1. The zero-order chi connectivity index (χ0) is 14.6. The van der Waals surface area contributed by atoms with Gasteiger partial charge in [0.25, 0.3) is 5.69 Å². The fraction of sp³-hybridized carbons (Fsp3) is 0.600. The van der Waals surface area contributed by atoms with Crippen LogP contribution in [0, 0.1) is 15.5 Å². The van der Waals surface area contributed by atoms with Crippen LogP contribution in [0.1, 0.15) is 38.2 Å². The molecule has 1 fully saturated rings. The van der Waals surface area contributed by atoms with E-state index in [1.54, 1.807) is 6.07 Å². The summed E-state index contributed by atoms with van der Waals surface area (Å²) < 4.78 is 5.11. The molecule has 1 aliphatic rings. The summed E-state index contributed by atoms with van der Waals surface area (Å²) in [7, 11) is 1.52. The molecule has 0 bridgehead atoms. The lowest BCUT2D eigenvalue weighted by atomic mass is 9.89. The highest BCUT2D eigenvalue weighted by molar-refractivity contribution is 5.42. The number of nitrogens with zero attached hydrogens (tertiary/aromatic N) is 1. The average Bonchev–Trinajstić information content (AvgIpc) is 2.85. The molecule has 0 aromatic heterocycles. The molecule has 0 radical (unpaired) electrons. The minimum absolute atomic E-state index is 0.0771. The van der Waals surface area contributed by atoms with Gasteiger partial charge in [-0.3, -0.25) is 10.1 Å². The van der Waals surface area contributed by atoms with E-state index >= 15 is 0 Å². The van der Waals surface area contributed by atoms with E-state index in [1.165, 1.54) is 38.9 Å². The maximum absolute atomic E-state index is 10.9. The predicted molar refractivity (Wildman–Crippen MR) is 77.9 cm³/mol. The number of ether oxygens (including phenoxy) is 1. The van der Waals surface area contributed by atoms with E-state index in [4.69, 9.17) is 4.74 Å². The maximum atomic E-state index is 10.9. The summed E-state index contributed by atoms with van der Waals surface area (Å²) in [5.74, 6) is 0.531. The van der Waals surface area contributed by atoms with Crippen LogP contribution in [0.15, 0.2) is 18.2 Å². The average molecular weight is 278 g/mol. The molecule has 0 saturated heterocycles. The molecule has 0 heterocycles. The van der Waals surface area contributed by atoms with Crippen molar-refractivity contribution in [2.24, 2.45) is 5.41 Å². The monoisotopic (exact) mass is 278 g/mol. The van der Waals surface area contributed by atoms with Crippen LogP contribution in [0.25, 0.3) is 0 Å². The van der Waals surface area contributed by atoms with E-state index in [9.17, 15) is 10.1 Å². The van der Waals surface area contributed by atoms with Crippen LogP contribution in [0.4, 0.5) is 5.69 Å². The van der Waals surface area contributed by atoms with E-state index < -0.39 is 0 Å². The van der Waals surface area contributed by atoms with Crippen molar-refractivity contribution in [3.8, 4) is 5.75 Å². The zero-order valence-corrected chi connectivity index (χ0v) is 12.1. The van der Waals surface area contributed by atoms with Crippen molar-refractivity contribution in [3.05, 3.63) is 33.9 Å². The van der Waals surface area contributed by atoms with Crippen molar-refractivity contribution in [1.82, 2.24) is 5.32 Å². The van der Waals surface area contributed by atoms with Crippen LogP contribution >= 0.6 is 0 Å². The summed E-state index contributed by atoms with van der Waals surface area (Å²) in [6, 6.07) is 4.89. The van der Waals surface area contributed by atoms with E-state index in [-0.39, 0.29) is 10.6 Å². The standard InChI is InChI=1S/C15H22N2O3/c1-15(5-3-4-6-15)11-16-10-12-7-13(17(18)19)9-14(8-12)20-2/h7-9,16H,3-6,10-11H2,1-2H3. The highest BCUT2D eigenvalue weighted by atomic mass is 16.6. The van der Waals surface area contributed by atoms with Crippen molar-refractivity contribution in [3.63, 3.8) is 0 Å². The smallest absolute Gasteiger partial charge is 0.273 e. The Morgan fingerprint density at radius 3 is 2.65 bits per heavy atom. The first-order valence-electron chi connectivity index (χ1n) is 7.05. The first kappa shape index (κ1) is 14.8. The lowest BCUT2D eigenvalue weighted by Crippen LogP contribution is -2.29. The first-order chi connectivity index (χ1) is 9.52. The Morgan fingerprint density at radius 1 is 1.35 bits per heavy atom. The van der Waals surface area contributed by atoms with Crippen LogP contribution in [0.3, 0.4) is 0 Å². The molecule has 1 aromatic rings. The summed E-state index contributed by atoms with van der Waals surface area (Å²) >= 11 is 0. The number of non-ortho nitro benzene ring substituents is 1. The molecule has 110 valence electrons. The third-order valence-corrected chi connectivity index (χ3v) is 4.09. The second-order valence-electron chi connectivity index (χ2n) is 5.92. The fourth-order valence-corrected chi connectivity index (χ4v) is 2.88. The van der Waals surface area contributed by atoms with Crippen LogP contribution in [0.2, 0.25) is 0 Å². The van der Waals surface area contributed by atoms with Gasteiger partial charge in [-0.2, -0.15) is 0 Å². The summed E-state index contributed by atoms with van der Waals surface area (Å²) in [5, 5.41) is 14.3. The van der Waals surface area contributed by atoms with Crippen molar-refractivity contribution in [1.29, 1.82) is 0 Å². The Kier molecular flexibility index (Phi) is 4.60. The Bertz CT molecular complexity index is 482. The molecule has 1 aliphatic carbocycles. The SMILES string of the molecule is COc1cc(CNCC2(C)CCCC2)cc([N+](=O)[O-])c1. The van der Waals surface area contributed by atoms with Gasteiger partial charge in [0, 0.05) is 19.2 Å². The molecule has 0 aliphatic heterocycles. The van der Waals surface area contributed by atoms with Crippen molar-refractivity contribution >= 4 is 5.69 Å². The number of benzene rings is 1. The number of hydrogen-bond acceptors (Lipinski definition) is 4. The number of methoxy groups -OCH3 is 1. The maximum Gasteiger partial charge on any atom is 0.273 e. The van der Waals surface area contributed by atoms with E-state index in [2.05, 4.69) is 12.2 Å². The van der Waals surface area contributed by atoms with Gasteiger partial charge >= 0.3 is 0 Å².